The highest BCUT2D eigenvalue weighted by molar-refractivity contribution is 7.89. The zero-order valence-corrected chi connectivity index (χ0v) is 12.5. The largest absolute Gasteiger partial charge is 0.398 e. The number of nitrogens with two attached hydrogens (primary N) is 1. The molecule has 0 aliphatic rings. The number of hydrogen-bond acceptors (Lipinski definition) is 5. The van der Waals surface area contributed by atoms with Gasteiger partial charge in [0, 0.05) is 10.7 Å². The molecular weight excluding hydrogens is 302 g/mol. The van der Waals surface area contributed by atoms with Gasteiger partial charge in [0.25, 0.3) is 0 Å². The van der Waals surface area contributed by atoms with Gasteiger partial charge in [-0.25, -0.2) is 18.1 Å². The Balaban J connectivity index is 2.31. The van der Waals surface area contributed by atoms with E-state index in [-0.39, 0.29) is 4.90 Å². The Hall–Kier alpha value is -1.64. The van der Waals surface area contributed by atoms with E-state index in [2.05, 4.69) is 19.9 Å². The van der Waals surface area contributed by atoms with Crippen LogP contribution in [0.25, 0.3) is 0 Å². The third kappa shape index (κ3) is 2.92. The maximum Gasteiger partial charge on any atom is 0.241 e. The Bertz CT molecular complexity index is 691. The molecule has 2 rings (SSSR count). The van der Waals surface area contributed by atoms with Crippen LogP contribution in [0.1, 0.15) is 24.4 Å². The molecule has 1 atom stereocenters. The summed E-state index contributed by atoms with van der Waals surface area (Å²) in [7, 11) is -3.75. The van der Waals surface area contributed by atoms with Gasteiger partial charge in [0.1, 0.15) is 12.2 Å². The predicted molar refractivity (Wildman–Crippen MR) is 75.7 cm³/mol. The van der Waals surface area contributed by atoms with E-state index in [1.54, 1.807) is 13.8 Å². The zero-order valence-electron chi connectivity index (χ0n) is 10.9. The number of nitrogens with one attached hydrogen (secondary N) is 2. The number of nitrogens with zero attached hydrogens (tertiary/aromatic N) is 2. The molecule has 0 fully saturated rings. The fourth-order valence-corrected chi connectivity index (χ4v) is 3.17. The van der Waals surface area contributed by atoms with Crippen molar-refractivity contribution < 1.29 is 8.42 Å². The van der Waals surface area contributed by atoms with Crippen molar-refractivity contribution in [2.45, 2.75) is 24.8 Å². The van der Waals surface area contributed by atoms with Crippen LogP contribution < -0.4 is 10.5 Å². The van der Waals surface area contributed by atoms with Crippen LogP contribution in [0, 0.1) is 6.92 Å². The highest BCUT2D eigenvalue weighted by atomic mass is 35.5. The van der Waals surface area contributed by atoms with Gasteiger partial charge >= 0.3 is 0 Å². The van der Waals surface area contributed by atoms with E-state index in [9.17, 15) is 8.42 Å². The van der Waals surface area contributed by atoms with Crippen molar-refractivity contribution in [3.8, 4) is 0 Å². The second kappa shape index (κ2) is 5.39. The normalized spacial score (nSPS) is 13.3. The summed E-state index contributed by atoms with van der Waals surface area (Å²) < 4.78 is 27.0. The smallest absolute Gasteiger partial charge is 0.241 e. The van der Waals surface area contributed by atoms with Crippen molar-refractivity contribution in [1.29, 1.82) is 0 Å². The van der Waals surface area contributed by atoms with Crippen LogP contribution in [0.5, 0.6) is 0 Å². The fraction of sp³-hybridized carbons (Fsp3) is 0.273. The van der Waals surface area contributed by atoms with Crippen molar-refractivity contribution in [3.05, 3.63) is 34.9 Å². The van der Waals surface area contributed by atoms with Crippen molar-refractivity contribution in [2.24, 2.45) is 0 Å². The highest BCUT2D eigenvalue weighted by Gasteiger charge is 2.21. The molecule has 20 heavy (non-hydrogen) atoms. The Morgan fingerprint density at radius 1 is 1.45 bits per heavy atom. The monoisotopic (exact) mass is 315 g/mol. The number of nitrogen functional groups attached to an aromatic ring is 1. The van der Waals surface area contributed by atoms with Gasteiger partial charge in [0.05, 0.1) is 10.9 Å². The molecule has 0 saturated heterocycles. The van der Waals surface area contributed by atoms with Crippen molar-refractivity contribution >= 4 is 27.3 Å². The summed E-state index contributed by atoms with van der Waals surface area (Å²) in [6.07, 6.45) is 1.31. The van der Waals surface area contributed by atoms with Gasteiger partial charge in [-0.15, -0.1) is 0 Å². The lowest BCUT2D eigenvalue weighted by Crippen LogP contribution is -2.27. The first-order valence-corrected chi connectivity index (χ1v) is 7.60. The third-order valence-electron chi connectivity index (χ3n) is 2.84. The summed E-state index contributed by atoms with van der Waals surface area (Å²) in [5.41, 5.74) is 6.71. The second-order valence-electron chi connectivity index (χ2n) is 4.33. The van der Waals surface area contributed by atoms with Crippen LogP contribution in [0.15, 0.2) is 23.4 Å². The molecule has 1 heterocycles. The molecule has 2 aromatic rings. The number of benzene rings is 1. The van der Waals surface area contributed by atoms with E-state index in [0.29, 0.717) is 22.1 Å². The maximum atomic E-state index is 12.3. The van der Waals surface area contributed by atoms with Crippen LogP contribution in [0.3, 0.4) is 0 Å². The third-order valence-corrected chi connectivity index (χ3v) is 4.76. The van der Waals surface area contributed by atoms with Crippen LogP contribution in [-0.2, 0) is 10.0 Å². The van der Waals surface area contributed by atoms with Gasteiger partial charge in [0.15, 0.2) is 0 Å². The quantitative estimate of drug-likeness (QED) is 0.738. The molecule has 0 aliphatic carbocycles. The Labute approximate surface area is 121 Å². The lowest BCUT2D eigenvalue weighted by atomic mass is 10.2. The summed E-state index contributed by atoms with van der Waals surface area (Å²) in [5.74, 6) is 0.416. The van der Waals surface area contributed by atoms with Crippen LogP contribution >= 0.6 is 11.6 Å². The molecule has 0 amide bonds. The minimum atomic E-state index is -3.75. The van der Waals surface area contributed by atoms with E-state index in [1.165, 1.54) is 18.5 Å². The molecule has 0 aliphatic heterocycles. The first-order chi connectivity index (χ1) is 9.31. The molecule has 7 nitrogen and oxygen atoms in total. The molecule has 0 radical (unpaired) electrons. The van der Waals surface area contributed by atoms with Gasteiger partial charge < -0.3 is 5.73 Å². The summed E-state index contributed by atoms with van der Waals surface area (Å²) in [4.78, 5) is 3.91. The van der Waals surface area contributed by atoms with Crippen molar-refractivity contribution in [1.82, 2.24) is 19.9 Å². The number of aromatic amines is 1. The molecule has 108 valence electrons. The first-order valence-electron chi connectivity index (χ1n) is 5.74. The predicted octanol–water partition coefficient (Wildman–Crippen LogP) is 1.39. The summed E-state index contributed by atoms with van der Waals surface area (Å²) in [5, 5.41) is 6.58. The summed E-state index contributed by atoms with van der Waals surface area (Å²) in [6.45, 7) is 3.37. The van der Waals surface area contributed by atoms with Gasteiger partial charge in [-0.05, 0) is 31.5 Å². The lowest BCUT2D eigenvalue weighted by molar-refractivity contribution is 0.560. The van der Waals surface area contributed by atoms with E-state index < -0.39 is 16.1 Å². The minimum absolute atomic E-state index is 0.0111. The standard InChI is InChI=1S/C11H14ClN5O2S/c1-6-9(12)3-8(4-10(6)13)20(18,19)17-7(2)11-14-5-15-16-11/h3-5,7,17H,13H2,1-2H3,(H,14,15,16). The molecule has 4 N–H and O–H groups in total. The van der Waals surface area contributed by atoms with Gasteiger partial charge in [-0.1, -0.05) is 11.6 Å². The SMILES string of the molecule is Cc1c(N)cc(S(=O)(=O)NC(C)c2ncn[nH]2)cc1Cl. The van der Waals surface area contributed by atoms with E-state index in [4.69, 9.17) is 17.3 Å². The number of aromatic nitrogens is 3. The van der Waals surface area contributed by atoms with Crippen LogP contribution in [0.2, 0.25) is 5.02 Å². The minimum Gasteiger partial charge on any atom is -0.398 e. The molecular formula is C11H14ClN5O2S. The Kier molecular flexibility index (Phi) is 3.98. The molecule has 1 unspecified atom stereocenters. The van der Waals surface area contributed by atoms with E-state index in [1.807, 2.05) is 0 Å². The zero-order chi connectivity index (χ0) is 14.9. The Morgan fingerprint density at radius 2 is 2.15 bits per heavy atom. The fourth-order valence-electron chi connectivity index (χ4n) is 1.61. The molecule has 9 heteroatoms. The topological polar surface area (TPSA) is 114 Å². The molecule has 0 spiro atoms. The lowest BCUT2D eigenvalue weighted by Gasteiger charge is -2.13. The molecule has 0 bridgehead atoms. The van der Waals surface area contributed by atoms with Crippen LogP contribution in [0.4, 0.5) is 5.69 Å². The number of halogens is 1. The van der Waals surface area contributed by atoms with Gasteiger partial charge in [0.2, 0.25) is 10.0 Å². The molecule has 0 saturated carbocycles. The van der Waals surface area contributed by atoms with Crippen molar-refractivity contribution in [2.75, 3.05) is 5.73 Å². The second-order valence-corrected chi connectivity index (χ2v) is 6.45. The number of sulfonamides is 1. The molecule has 1 aromatic carbocycles. The number of anilines is 1. The first kappa shape index (κ1) is 14.8. The van der Waals surface area contributed by atoms with Gasteiger partial charge in [-0.2, -0.15) is 5.10 Å². The summed E-state index contributed by atoms with van der Waals surface area (Å²) >= 11 is 5.96. The van der Waals surface area contributed by atoms with Crippen molar-refractivity contribution in [3.63, 3.8) is 0 Å². The number of H-pyrrole nitrogens is 1. The summed E-state index contributed by atoms with van der Waals surface area (Å²) in [6, 6.07) is 2.18. The van der Waals surface area contributed by atoms with E-state index >= 15 is 0 Å². The average molecular weight is 316 g/mol. The number of rotatable bonds is 4. The maximum absolute atomic E-state index is 12.3. The highest BCUT2D eigenvalue weighted by Crippen LogP contribution is 2.26. The number of hydrogen-bond donors (Lipinski definition) is 3. The van der Waals surface area contributed by atoms with Crippen LogP contribution in [-0.4, -0.2) is 23.6 Å². The van der Waals surface area contributed by atoms with E-state index in [0.717, 1.165) is 0 Å². The molecule has 1 aromatic heterocycles. The Morgan fingerprint density at radius 3 is 2.70 bits per heavy atom. The van der Waals surface area contributed by atoms with Gasteiger partial charge in [-0.3, -0.25) is 5.10 Å². The average Bonchev–Trinajstić information content (AvgIpc) is 2.88.